The molecular formula is C19H20ClN5O3. The van der Waals surface area contributed by atoms with Crippen molar-refractivity contribution in [2.75, 3.05) is 38.0 Å². The molecule has 0 radical (unpaired) electrons. The molecule has 3 rings (SSSR count). The van der Waals surface area contributed by atoms with Gasteiger partial charge in [-0.1, -0.05) is 11.6 Å². The zero-order chi connectivity index (χ0) is 20.1. The molecule has 0 aliphatic carbocycles. The molecule has 0 bridgehead atoms. The number of likely N-dealkylation sites (N-methyl/N-ethyl adjacent to an activating group) is 1. The molecule has 1 aromatic heterocycles. The first-order chi connectivity index (χ1) is 13.5. The van der Waals surface area contributed by atoms with Crippen LogP contribution in [0.25, 0.3) is 5.69 Å². The zero-order valence-corrected chi connectivity index (χ0v) is 16.5. The predicted molar refractivity (Wildman–Crippen MR) is 108 cm³/mol. The van der Waals surface area contributed by atoms with Gasteiger partial charge in [0.05, 0.1) is 32.1 Å². The minimum absolute atomic E-state index is 0.124. The maximum atomic E-state index is 12.6. The van der Waals surface area contributed by atoms with E-state index in [2.05, 4.69) is 15.4 Å². The van der Waals surface area contributed by atoms with Crippen LogP contribution in [0.2, 0.25) is 5.02 Å². The van der Waals surface area contributed by atoms with E-state index < -0.39 is 0 Å². The van der Waals surface area contributed by atoms with Gasteiger partial charge in [-0.3, -0.25) is 4.79 Å². The minimum Gasteiger partial charge on any atom is -0.493 e. The van der Waals surface area contributed by atoms with E-state index in [0.29, 0.717) is 27.9 Å². The van der Waals surface area contributed by atoms with Gasteiger partial charge < -0.3 is 19.7 Å². The van der Waals surface area contributed by atoms with Gasteiger partial charge in [-0.2, -0.15) is 5.10 Å². The third-order valence-electron chi connectivity index (χ3n) is 4.09. The second kappa shape index (κ2) is 8.62. The summed E-state index contributed by atoms with van der Waals surface area (Å²) in [6.45, 7) is 0.124. The number of halogens is 1. The highest BCUT2D eigenvalue weighted by atomic mass is 35.5. The number of nitrogens with one attached hydrogen (secondary N) is 1. The second-order valence-corrected chi connectivity index (χ2v) is 6.38. The van der Waals surface area contributed by atoms with Crippen molar-refractivity contribution in [1.82, 2.24) is 14.8 Å². The predicted octanol–water partition coefficient (Wildman–Crippen LogP) is 3.01. The molecular weight excluding hydrogens is 382 g/mol. The summed E-state index contributed by atoms with van der Waals surface area (Å²) in [5.41, 5.74) is 2.03. The lowest BCUT2D eigenvalue weighted by Crippen LogP contribution is -2.30. The molecule has 28 heavy (non-hydrogen) atoms. The van der Waals surface area contributed by atoms with Crippen LogP contribution in [0.4, 0.5) is 11.4 Å². The fraction of sp³-hybridized carbons (Fsp3) is 0.211. The Hall–Kier alpha value is -3.26. The summed E-state index contributed by atoms with van der Waals surface area (Å²) in [7, 11) is 4.96. The minimum atomic E-state index is -0.207. The number of hydrogen-bond donors (Lipinski definition) is 1. The fourth-order valence-corrected chi connectivity index (χ4v) is 2.87. The molecule has 1 amide bonds. The molecule has 3 aromatic rings. The summed E-state index contributed by atoms with van der Waals surface area (Å²) in [6.07, 6.45) is 2.97. The average molecular weight is 402 g/mol. The molecule has 146 valence electrons. The number of carbonyl (C=O) groups excluding carboxylic acids is 1. The van der Waals surface area contributed by atoms with Crippen LogP contribution in [0.5, 0.6) is 11.5 Å². The standard InChI is InChI=1S/C19H20ClN5O3/c1-24(14-5-7-17(27-2)18(9-14)28-3)10-19(26)23-15-8-13(20)4-6-16(15)25-12-21-11-22-25/h4-9,11-12H,10H2,1-3H3,(H,23,26). The van der Waals surface area contributed by atoms with Gasteiger partial charge in [0.25, 0.3) is 0 Å². The smallest absolute Gasteiger partial charge is 0.243 e. The van der Waals surface area contributed by atoms with E-state index in [9.17, 15) is 4.79 Å². The number of nitrogens with zero attached hydrogens (tertiary/aromatic N) is 4. The van der Waals surface area contributed by atoms with Gasteiger partial charge in [0.2, 0.25) is 5.91 Å². The Morgan fingerprint density at radius 1 is 1.18 bits per heavy atom. The number of carbonyl (C=O) groups is 1. The van der Waals surface area contributed by atoms with Crippen molar-refractivity contribution in [2.45, 2.75) is 0 Å². The van der Waals surface area contributed by atoms with Crippen molar-refractivity contribution in [3.63, 3.8) is 0 Å². The van der Waals surface area contributed by atoms with Crippen LogP contribution in [-0.4, -0.2) is 48.5 Å². The van der Waals surface area contributed by atoms with Gasteiger partial charge in [0.1, 0.15) is 12.7 Å². The van der Waals surface area contributed by atoms with Gasteiger partial charge in [0.15, 0.2) is 11.5 Å². The number of hydrogen-bond acceptors (Lipinski definition) is 6. The molecule has 0 spiro atoms. The largest absolute Gasteiger partial charge is 0.493 e. The number of rotatable bonds is 7. The van der Waals surface area contributed by atoms with Crippen molar-refractivity contribution in [2.24, 2.45) is 0 Å². The van der Waals surface area contributed by atoms with E-state index in [1.807, 2.05) is 19.2 Å². The molecule has 0 atom stereocenters. The molecule has 1 heterocycles. The molecule has 9 heteroatoms. The highest BCUT2D eigenvalue weighted by molar-refractivity contribution is 6.31. The molecule has 2 aromatic carbocycles. The summed E-state index contributed by atoms with van der Waals surface area (Å²) < 4.78 is 12.1. The van der Waals surface area contributed by atoms with E-state index in [4.69, 9.17) is 21.1 Å². The molecule has 0 aliphatic rings. The number of ether oxygens (including phenoxy) is 2. The second-order valence-electron chi connectivity index (χ2n) is 5.95. The Balaban J connectivity index is 1.75. The van der Waals surface area contributed by atoms with Gasteiger partial charge >= 0.3 is 0 Å². The maximum Gasteiger partial charge on any atom is 0.243 e. The SMILES string of the molecule is COc1ccc(N(C)CC(=O)Nc2cc(Cl)ccc2-n2cncn2)cc1OC. The van der Waals surface area contributed by atoms with Gasteiger partial charge in [-0.25, -0.2) is 9.67 Å². The van der Waals surface area contributed by atoms with Crippen LogP contribution < -0.4 is 19.7 Å². The van der Waals surface area contributed by atoms with Crippen LogP contribution in [0.15, 0.2) is 49.1 Å². The first-order valence-electron chi connectivity index (χ1n) is 8.39. The first-order valence-corrected chi connectivity index (χ1v) is 8.77. The average Bonchev–Trinajstić information content (AvgIpc) is 3.21. The number of benzene rings is 2. The molecule has 0 saturated carbocycles. The third-order valence-corrected chi connectivity index (χ3v) is 4.32. The van der Waals surface area contributed by atoms with E-state index in [1.165, 1.54) is 6.33 Å². The Morgan fingerprint density at radius 2 is 1.96 bits per heavy atom. The van der Waals surface area contributed by atoms with E-state index in [0.717, 1.165) is 5.69 Å². The van der Waals surface area contributed by atoms with E-state index in [-0.39, 0.29) is 12.5 Å². The van der Waals surface area contributed by atoms with Crippen LogP contribution in [0, 0.1) is 0 Å². The lowest BCUT2D eigenvalue weighted by Gasteiger charge is -2.20. The Morgan fingerprint density at radius 3 is 2.64 bits per heavy atom. The fourth-order valence-electron chi connectivity index (χ4n) is 2.70. The highest BCUT2D eigenvalue weighted by Crippen LogP contribution is 2.31. The Labute approximate surface area is 167 Å². The number of aromatic nitrogens is 3. The van der Waals surface area contributed by atoms with Crippen LogP contribution in [0.1, 0.15) is 0 Å². The summed E-state index contributed by atoms with van der Waals surface area (Å²) >= 11 is 6.09. The molecule has 0 aliphatic heterocycles. The molecule has 0 unspecified atom stereocenters. The molecule has 1 N–H and O–H groups in total. The summed E-state index contributed by atoms with van der Waals surface area (Å²) in [6, 6.07) is 10.6. The summed E-state index contributed by atoms with van der Waals surface area (Å²) in [5.74, 6) is 1.01. The molecule has 0 fully saturated rings. The quantitative estimate of drug-likeness (QED) is 0.655. The van der Waals surface area contributed by atoms with Crippen molar-refractivity contribution < 1.29 is 14.3 Å². The lowest BCUT2D eigenvalue weighted by atomic mass is 10.2. The van der Waals surface area contributed by atoms with Gasteiger partial charge in [-0.15, -0.1) is 0 Å². The maximum absolute atomic E-state index is 12.6. The highest BCUT2D eigenvalue weighted by Gasteiger charge is 2.14. The normalized spacial score (nSPS) is 10.4. The third kappa shape index (κ3) is 4.34. The van der Waals surface area contributed by atoms with Crippen molar-refractivity contribution in [3.05, 3.63) is 54.1 Å². The zero-order valence-electron chi connectivity index (χ0n) is 15.7. The number of amides is 1. The summed E-state index contributed by atoms with van der Waals surface area (Å²) in [4.78, 5) is 18.3. The van der Waals surface area contributed by atoms with Crippen LogP contribution in [0.3, 0.4) is 0 Å². The van der Waals surface area contributed by atoms with E-state index >= 15 is 0 Å². The topological polar surface area (TPSA) is 81.5 Å². The number of anilines is 2. The first kappa shape index (κ1) is 19.5. The van der Waals surface area contributed by atoms with Crippen molar-refractivity contribution in [1.29, 1.82) is 0 Å². The van der Waals surface area contributed by atoms with Crippen LogP contribution >= 0.6 is 11.6 Å². The Bertz CT molecular complexity index is 962. The molecule has 8 nitrogen and oxygen atoms in total. The molecule has 0 saturated heterocycles. The lowest BCUT2D eigenvalue weighted by molar-refractivity contribution is -0.114. The van der Waals surface area contributed by atoms with Crippen molar-refractivity contribution >= 4 is 28.9 Å². The van der Waals surface area contributed by atoms with E-state index in [1.54, 1.807) is 54.4 Å². The van der Waals surface area contributed by atoms with Gasteiger partial charge in [-0.05, 0) is 30.3 Å². The van der Waals surface area contributed by atoms with Crippen molar-refractivity contribution in [3.8, 4) is 17.2 Å². The number of methoxy groups -OCH3 is 2. The van der Waals surface area contributed by atoms with Gasteiger partial charge in [0, 0.05) is 23.8 Å². The monoisotopic (exact) mass is 401 g/mol. The van der Waals surface area contributed by atoms with Crippen LogP contribution in [-0.2, 0) is 4.79 Å². The summed E-state index contributed by atoms with van der Waals surface area (Å²) in [5, 5.41) is 7.49. The Kier molecular flexibility index (Phi) is 6.00.